The lowest BCUT2D eigenvalue weighted by molar-refractivity contribution is -0.116. The van der Waals surface area contributed by atoms with Gasteiger partial charge >= 0.3 is 0 Å². The van der Waals surface area contributed by atoms with Gasteiger partial charge in [-0.2, -0.15) is 0 Å². The quantitative estimate of drug-likeness (QED) is 0.480. The maximum absolute atomic E-state index is 10.4. The van der Waals surface area contributed by atoms with Crippen LogP contribution in [0.2, 0.25) is 0 Å². The highest BCUT2D eigenvalue weighted by molar-refractivity contribution is 5.63. The van der Waals surface area contributed by atoms with Crippen LogP contribution in [0.4, 0.5) is 0 Å². The third-order valence-electron chi connectivity index (χ3n) is 1.95. The van der Waals surface area contributed by atoms with Gasteiger partial charge in [-0.1, -0.05) is 0 Å². The molecule has 3 nitrogen and oxygen atoms in total. The van der Waals surface area contributed by atoms with Crippen LogP contribution in [-0.2, 0) is 4.79 Å². The normalized spacial score (nSPS) is 37.1. The molecule has 0 aromatic carbocycles. The first kappa shape index (κ1) is 6.71. The molecule has 1 heterocycles. The predicted molar refractivity (Wildman–Crippen MR) is 35.1 cm³/mol. The Labute approximate surface area is 55.0 Å². The van der Waals surface area contributed by atoms with Crippen LogP contribution in [0.1, 0.15) is 6.92 Å². The number of aldehydes is 1. The van der Waals surface area contributed by atoms with Gasteiger partial charge in [0.2, 0.25) is 0 Å². The Kier molecular flexibility index (Phi) is 1.55. The molecule has 1 atom stereocenters. The summed E-state index contributed by atoms with van der Waals surface area (Å²) < 4.78 is 0. The molecule has 9 heavy (non-hydrogen) atoms. The Morgan fingerprint density at radius 2 is 2.44 bits per heavy atom. The number of hydrogen-bond donors (Lipinski definition) is 1. The van der Waals surface area contributed by atoms with Gasteiger partial charge in [-0.05, 0) is 14.0 Å². The molecule has 52 valence electrons. The number of carbonyl (C=O) groups excluding carboxylic acids is 1. The van der Waals surface area contributed by atoms with Crippen molar-refractivity contribution < 1.29 is 4.79 Å². The molecular weight excluding hydrogens is 116 g/mol. The molecule has 1 aliphatic rings. The van der Waals surface area contributed by atoms with E-state index in [2.05, 4.69) is 5.32 Å². The van der Waals surface area contributed by atoms with Gasteiger partial charge in [-0.3, -0.25) is 15.0 Å². The molecule has 0 amide bonds. The summed E-state index contributed by atoms with van der Waals surface area (Å²) in [5.74, 6) is 0. The van der Waals surface area contributed by atoms with Gasteiger partial charge in [0.15, 0.2) is 6.29 Å². The molecule has 0 spiro atoms. The molecule has 3 heteroatoms. The van der Waals surface area contributed by atoms with Crippen molar-refractivity contribution in [3.8, 4) is 0 Å². The first-order valence-corrected chi connectivity index (χ1v) is 3.11. The molecule has 0 aromatic rings. The van der Waals surface area contributed by atoms with E-state index < -0.39 is 5.66 Å². The highest BCUT2D eigenvalue weighted by Crippen LogP contribution is 2.09. The largest absolute Gasteiger partial charge is 0.300 e. The smallest absolute Gasteiger partial charge is 0.154 e. The highest BCUT2D eigenvalue weighted by atomic mass is 16.1. The standard InChI is InChI=1S/C6H12N2O/c1-6(5-9)7-3-4-8(6)2/h5,7H,3-4H2,1-2H3. The van der Waals surface area contributed by atoms with E-state index in [0.29, 0.717) is 0 Å². The van der Waals surface area contributed by atoms with Crippen molar-refractivity contribution in [2.45, 2.75) is 12.6 Å². The molecule has 1 saturated heterocycles. The summed E-state index contributed by atoms with van der Waals surface area (Å²) >= 11 is 0. The van der Waals surface area contributed by atoms with E-state index >= 15 is 0 Å². The summed E-state index contributed by atoms with van der Waals surface area (Å²) in [6, 6.07) is 0. The first-order valence-electron chi connectivity index (χ1n) is 3.11. The van der Waals surface area contributed by atoms with Crippen molar-refractivity contribution in [2.75, 3.05) is 20.1 Å². The number of carbonyl (C=O) groups is 1. The molecule has 1 N–H and O–H groups in total. The molecule has 1 fully saturated rings. The van der Waals surface area contributed by atoms with E-state index in [9.17, 15) is 4.79 Å². The number of hydrogen-bond acceptors (Lipinski definition) is 3. The Hall–Kier alpha value is -0.410. The van der Waals surface area contributed by atoms with Crippen molar-refractivity contribution in [1.29, 1.82) is 0 Å². The average Bonchev–Trinajstić information content (AvgIpc) is 2.15. The van der Waals surface area contributed by atoms with Crippen LogP contribution in [0, 0.1) is 0 Å². The highest BCUT2D eigenvalue weighted by Gasteiger charge is 2.32. The van der Waals surface area contributed by atoms with E-state index in [0.717, 1.165) is 19.4 Å². The lowest BCUT2D eigenvalue weighted by Gasteiger charge is -2.24. The fourth-order valence-electron chi connectivity index (χ4n) is 0.976. The maximum Gasteiger partial charge on any atom is 0.154 e. The van der Waals surface area contributed by atoms with Crippen LogP contribution in [-0.4, -0.2) is 37.0 Å². The molecular formula is C6H12N2O. The minimum atomic E-state index is -0.403. The van der Waals surface area contributed by atoms with Crippen LogP contribution in [0.5, 0.6) is 0 Å². The topological polar surface area (TPSA) is 32.3 Å². The lowest BCUT2D eigenvalue weighted by atomic mass is 10.2. The van der Waals surface area contributed by atoms with E-state index in [1.54, 1.807) is 0 Å². The summed E-state index contributed by atoms with van der Waals surface area (Å²) in [6.07, 6.45) is 0.944. The van der Waals surface area contributed by atoms with E-state index in [1.807, 2.05) is 18.9 Å². The zero-order valence-electron chi connectivity index (χ0n) is 5.85. The molecule has 0 radical (unpaired) electrons. The summed E-state index contributed by atoms with van der Waals surface area (Å²) in [6.45, 7) is 3.74. The predicted octanol–water partition coefficient (Wildman–Crippen LogP) is -0.563. The molecule has 1 rings (SSSR count). The van der Waals surface area contributed by atoms with Crippen molar-refractivity contribution in [1.82, 2.24) is 10.2 Å². The van der Waals surface area contributed by atoms with Crippen molar-refractivity contribution in [3.05, 3.63) is 0 Å². The van der Waals surface area contributed by atoms with E-state index in [1.165, 1.54) is 0 Å². The monoisotopic (exact) mass is 128 g/mol. The SMILES string of the molecule is CN1CCNC1(C)C=O. The molecule has 0 aliphatic carbocycles. The zero-order chi connectivity index (χ0) is 6.91. The maximum atomic E-state index is 10.4. The van der Waals surface area contributed by atoms with E-state index in [-0.39, 0.29) is 0 Å². The lowest BCUT2D eigenvalue weighted by Crippen LogP contribution is -2.48. The van der Waals surface area contributed by atoms with Crippen LogP contribution >= 0.6 is 0 Å². The van der Waals surface area contributed by atoms with Gasteiger partial charge in [0.1, 0.15) is 5.66 Å². The Morgan fingerprint density at radius 3 is 2.67 bits per heavy atom. The molecule has 0 bridgehead atoms. The second-order valence-corrected chi connectivity index (χ2v) is 2.61. The zero-order valence-corrected chi connectivity index (χ0v) is 5.85. The number of rotatable bonds is 1. The summed E-state index contributed by atoms with van der Waals surface area (Å²) in [7, 11) is 1.94. The summed E-state index contributed by atoms with van der Waals surface area (Å²) in [5.41, 5.74) is -0.403. The summed E-state index contributed by atoms with van der Waals surface area (Å²) in [5, 5.41) is 3.09. The Bertz CT molecular complexity index is 126. The second kappa shape index (κ2) is 2.08. The third kappa shape index (κ3) is 0.976. The van der Waals surface area contributed by atoms with Crippen LogP contribution in [0.25, 0.3) is 0 Å². The van der Waals surface area contributed by atoms with E-state index in [4.69, 9.17) is 0 Å². The average molecular weight is 128 g/mol. The third-order valence-corrected chi connectivity index (χ3v) is 1.95. The van der Waals surface area contributed by atoms with Gasteiger partial charge in [-0.15, -0.1) is 0 Å². The Morgan fingerprint density at radius 1 is 1.78 bits per heavy atom. The molecule has 0 saturated carbocycles. The van der Waals surface area contributed by atoms with Gasteiger partial charge in [0.05, 0.1) is 0 Å². The minimum Gasteiger partial charge on any atom is -0.300 e. The molecule has 1 unspecified atom stereocenters. The first-order chi connectivity index (χ1) is 4.19. The van der Waals surface area contributed by atoms with Gasteiger partial charge in [0.25, 0.3) is 0 Å². The number of nitrogens with zero attached hydrogens (tertiary/aromatic N) is 1. The molecule has 0 aromatic heterocycles. The van der Waals surface area contributed by atoms with Crippen LogP contribution < -0.4 is 5.32 Å². The van der Waals surface area contributed by atoms with Gasteiger partial charge < -0.3 is 0 Å². The van der Waals surface area contributed by atoms with Crippen molar-refractivity contribution >= 4 is 6.29 Å². The summed E-state index contributed by atoms with van der Waals surface area (Å²) in [4.78, 5) is 12.4. The fraction of sp³-hybridized carbons (Fsp3) is 0.833. The molecule has 1 aliphatic heterocycles. The second-order valence-electron chi connectivity index (χ2n) is 2.61. The Balaban J connectivity index is 2.66. The van der Waals surface area contributed by atoms with Crippen LogP contribution in [0.3, 0.4) is 0 Å². The van der Waals surface area contributed by atoms with Crippen molar-refractivity contribution in [2.24, 2.45) is 0 Å². The minimum absolute atomic E-state index is 0.403. The van der Waals surface area contributed by atoms with Gasteiger partial charge in [-0.25, -0.2) is 0 Å². The fourth-order valence-corrected chi connectivity index (χ4v) is 0.976. The van der Waals surface area contributed by atoms with Crippen molar-refractivity contribution in [3.63, 3.8) is 0 Å². The number of nitrogens with one attached hydrogen (secondary N) is 1. The number of likely N-dealkylation sites (N-methyl/N-ethyl adjacent to an activating group) is 1. The van der Waals surface area contributed by atoms with Crippen LogP contribution in [0.15, 0.2) is 0 Å². The van der Waals surface area contributed by atoms with Gasteiger partial charge in [0, 0.05) is 13.1 Å².